The second-order valence-corrected chi connectivity index (χ2v) is 4.84. The number of fused-ring (bicyclic) bond motifs is 1. The van der Waals surface area contributed by atoms with Crippen molar-refractivity contribution in [3.8, 4) is 11.5 Å². The van der Waals surface area contributed by atoms with Crippen LogP contribution in [0.25, 0.3) is 6.08 Å². The van der Waals surface area contributed by atoms with Gasteiger partial charge in [0.15, 0.2) is 17.3 Å². The second-order valence-electron chi connectivity index (χ2n) is 4.43. The highest BCUT2D eigenvalue weighted by molar-refractivity contribution is 6.32. The van der Waals surface area contributed by atoms with E-state index in [1.807, 2.05) is 0 Å². The predicted octanol–water partition coefficient (Wildman–Crippen LogP) is 4.10. The van der Waals surface area contributed by atoms with E-state index in [9.17, 15) is 9.18 Å². The highest BCUT2D eigenvalue weighted by Crippen LogP contribution is 2.32. The topological polar surface area (TPSA) is 35.5 Å². The standard InChI is InChI=1S/C16H10ClFO3/c17-13-8-12(18)4-1-10(13)2-5-14(19)11-3-6-15-16(7-11)21-9-20-15/h1-8H,9H2/b5-2+. The molecule has 2 aromatic rings. The Morgan fingerprint density at radius 2 is 1.95 bits per heavy atom. The van der Waals surface area contributed by atoms with Gasteiger partial charge in [-0.2, -0.15) is 0 Å². The lowest BCUT2D eigenvalue weighted by molar-refractivity contribution is 0.104. The highest BCUT2D eigenvalue weighted by atomic mass is 35.5. The van der Waals surface area contributed by atoms with Gasteiger partial charge in [0.05, 0.1) is 5.02 Å². The van der Waals surface area contributed by atoms with Gasteiger partial charge in [-0.1, -0.05) is 17.7 Å². The van der Waals surface area contributed by atoms with Gasteiger partial charge in [0.1, 0.15) is 5.82 Å². The summed E-state index contributed by atoms with van der Waals surface area (Å²) in [6.07, 6.45) is 2.94. The molecule has 2 aromatic carbocycles. The number of allylic oxidation sites excluding steroid dienone is 1. The summed E-state index contributed by atoms with van der Waals surface area (Å²) in [4.78, 5) is 12.1. The van der Waals surface area contributed by atoms with Crippen molar-refractivity contribution in [1.29, 1.82) is 0 Å². The zero-order valence-corrected chi connectivity index (χ0v) is 11.6. The average molecular weight is 305 g/mol. The van der Waals surface area contributed by atoms with E-state index >= 15 is 0 Å². The fourth-order valence-corrected chi connectivity index (χ4v) is 2.18. The largest absolute Gasteiger partial charge is 0.454 e. The molecule has 1 aliphatic heterocycles. The van der Waals surface area contributed by atoms with E-state index in [1.165, 1.54) is 24.3 Å². The van der Waals surface area contributed by atoms with Crippen LogP contribution in [-0.4, -0.2) is 12.6 Å². The van der Waals surface area contributed by atoms with Gasteiger partial charge in [-0.25, -0.2) is 4.39 Å². The molecule has 0 amide bonds. The maximum Gasteiger partial charge on any atom is 0.231 e. The van der Waals surface area contributed by atoms with Gasteiger partial charge in [-0.3, -0.25) is 4.79 Å². The first-order valence-corrected chi connectivity index (χ1v) is 6.58. The Balaban J connectivity index is 1.81. The van der Waals surface area contributed by atoms with E-state index in [0.717, 1.165) is 0 Å². The molecule has 0 saturated carbocycles. The molecule has 0 spiro atoms. The third-order valence-corrected chi connectivity index (χ3v) is 3.36. The number of carbonyl (C=O) groups is 1. The lowest BCUT2D eigenvalue weighted by Crippen LogP contribution is -1.94. The fraction of sp³-hybridized carbons (Fsp3) is 0.0625. The molecule has 1 heterocycles. The third kappa shape index (κ3) is 2.90. The lowest BCUT2D eigenvalue weighted by Gasteiger charge is -2.00. The van der Waals surface area contributed by atoms with Crippen LogP contribution >= 0.6 is 11.6 Å². The van der Waals surface area contributed by atoms with E-state index in [-0.39, 0.29) is 17.6 Å². The van der Waals surface area contributed by atoms with Gasteiger partial charge in [0, 0.05) is 5.56 Å². The third-order valence-electron chi connectivity index (χ3n) is 3.03. The first-order chi connectivity index (χ1) is 10.1. The molecular formula is C16H10ClFO3. The Morgan fingerprint density at radius 1 is 1.14 bits per heavy atom. The Labute approximate surface area is 125 Å². The summed E-state index contributed by atoms with van der Waals surface area (Å²) >= 11 is 5.90. The van der Waals surface area contributed by atoms with E-state index in [0.29, 0.717) is 22.6 Å². The van der Waals surface area contributed by atoms with Crippen molar-refractivity contribution in [2.24, 2.45) is 0 Å². The summed E-state index contributed by atoms with van der Waals surface area (Å²) in [5.41, 5.74) is 1.06. The number of ketones is 1. The van der Waals surface area contributed by atoms with Crippen LogP contribution in [0.3, 0.4) is 0 Å². The maximum atomic E-state index is 12.9. The normalized spacial score (nSPS) is 12.9. The molecular weight excluding hydrogens is 295 g/mol. The minimum Gasteiger partial charge on any atom is -0.454 e. The monoisotopic (exact) mass is 304 g/mol. The summed E-state index contributed by atoms with van der Waals surface area (Å²) in [6, 6.07) is 8.98. The number of hydrogen-bond acceptors (Lipinski definition) is 3. The van der Waals surface area contributed by atoms with E-state index in [2.05, 4.69) is 0 Å². The van der Waals surface area contributed by atoms with Crippen molar-refractivity contribution in [1.82, 2.24) is 0 Å². The van der Waals surface area contributed by atoms with Crippen molar-refractivity contribution in [3.05, 3.63) is 64.4 Å². The zero-order valence-electron chi connectivity index (χ0n) is 10.8. The van der Waals surface area contributed by atoms with Crippen molar-refractivity contribution >= 4 is 23.5 Å². The molecule has 0 fully saturated rings. The quantitative estimate of drug-likeness (QED) is 0.632. The Bertz CT molecular complexity index is 740. The first-order valence-electron chi connectivity index (χ1n) is 6.20. The molecule has 0 unspecified atom stereocenters. The molecule has 5 heteroatoms. The zero-order chi connectivity index (χ0) is 14.8. The summed E-state index contributed by atoms with van der Waals surface area (Å²) in [5.74, 6) is 0.555. The molecule has 0 atom stereocenters. The minimum atomic E-state index is -0.417. The van der Waals surface area contributed by atoms with E-state index in [4.69, 9.17) is 21.1 Å². The van der Waals surface area contributed by atoms with Crippen molar-refractivity contribution in [3.63, 3.8) is 0 Å². The van der Waals surface area contributed by atoms with Gasteiger partial charge in [0.25, 0.3) is 0 Å². The van der Waals surface area contributed by atoms with E-state index < -0.39 is 5.82 Å². The van der Waals surface area contributed by atoms with Crippen LogP contribution in [0.2, 0.25) is 5.02 Å². The van der Waals surface area contributed by atoms with Gasteiger partial charge >= 0.3 is 0 Å². The molecule has 0 saturated heterocycles. The molecule has 0 radical (unpaired) electrons. The Hall–Kier alpha value is -2.33. The number of carbonyl (C=O) groups excluding carboxylic acids is 1. The minimum absolute atomic E-state index is 0.161. The SMILES string of the molecule is O=C(/C=C/c1ccc(F)cc1Cl)c1ccc2c(c1)OCO2. The number of hydrogen-bond donors (Lipinski definition) is 0. The summed E-state index contributed by atoms with van der Waals surface area (Å²) < 4.78 is 23.3. The molecule has 21 heavy (non-hydrogen) atoms. The number of ether oxygens (including phenoxy) is 2. The van der Waals surface area contributed by atoms with E-state index in [1.54, 1.807) is 24.3 Å². The smallest absolute Gasteiger partial charge is 0.231 e. The number of rotatable bonds is 3. The van der Waals surface area contributed by atoms with Gasteiger partial charge in [0.2, 0.25) is 6.79 Å². The molecule has 0 bridgehead atoms. The maximum absolute atomic E-state index is 12.9. The van der Waals surface area contributed by atoms with Crippen LogP contribution in [0.5, 0.6) is 11.5 Å². The molecule has 0 aliphatic carbocycles. The second kappa shape index (κ2) is 5.58. The summed E-state index contributed by atoms with van der Waals surface area (Å²) in [5, 5.41) is 0.254. The number of halogens is 2. The van der Waals surface area contributed by atoms with Crippen LogP contribution in [0.15, 0.2) is 42.5 Å². The van der Waals surface area contributed by atoms with Crippen LogP contribution in [0.4, 0.5) is 4.39 Å². The van der Waals surface area contributed by atoms with Gasteiger partial charge in [-0.05, 0) is 48.0 Å². The van der Waals surface area contributed by atoms with Gasteiger partial charge in [-0.15, -0.1) is 0 Å². The molecule has 3 nitrogen and oxygen atoms in total. The number of benzene rings is 2. The van der Waals surface area contributed by atoms with Crippen molar-refractivity contribution in [2.45, 2.75) is 0 Å². The Morgan fingerprint density at radius 3 is 2.76 bits per heavy atom. The molecule has 0 aromatic heterocycles. The Kier molecular flexibility index (Phi) is 3.62. The predicted molar refractivity (Wildman–Crippen MR) is 77.3 cm³/mol. The lowest BCUT2D eigenvalue weighted by atomic mass is 10.1. The highest BCUT2D eigenvalue weighted by Gasteiger charge is 2.15. The van der Waals surface area contributed by atoms with Crippen LogP contribution in [0, 0.1) is 5.82 Å². The van der Waals surface area contributed by atoms with Gasteiger partial charge < -0.3 is 9.47 Å². The average Bonchev–Trinajstić information content (AvgIpc) is 2.93. The van der Waals surface area contributed by atoms with Crippen LogP contribution in [-0.2, 0) is 0 Å². The molecule has 106 valence electrons. The molecule has 3 rings (SSSR count). The molecule has 1 aliphatic rings. The summed E-state index contributed by atoms with van der Waals surface area (Å²) in [7, 11) is 0. The fourth-order valence-electron chi connectivity index (χ4n) is 1.95. The van der Waals surface area contributed by atoms with Crippen LogP contribution < -0.4 is 9.47 Å². The van der Waals surface area contributed by atoms with Crippen molar-refractivity contribution in [2.75, 3.05) is 6.79 Å². The summed E-state index contributed by atoms with van der Waals surface area (Å²) in [6.45, 7) is 0.161. The van der Waals surface area contributed by atoms with Crippen LogP contribution in [0.1, 0.15) is 15.9 Å². The van der Waals surface area contributed by atoms with Crippen molar-refractivity contribution < 1.29 is 18.7 Å². The first kappa shape index (κ1) is 13.6. The molecule has 0 N–H and O–H groups in total.